The summed E-state index contributed by atoms with van der Waals surface area (Å²) in [4.78, 5) is 0. The van der Waals surface area contributed by atoms with Crippen LogP contribution >= 0.6 is 26.6 Å². The molecule has 1 heterocycles. The van der Waals surface area contributed by atoms with Crippen molar-refractivity contribution in [1.82, 2.24) is 0 Å². The van der Waals surface area contributed by atoms with Crippen LogP contribution < -0.4 is 4.50 Å². The van der Waals surface area contributed by atoms with E-state index >= 15 is 0 Å². The van der Waals surface area contributed by atoms with Gasteiger partial charge in [-0.3, -0.25) is 0 Å². The maximum absolute atomic E-state index is 3.49. The van der Waals surface area contributed by atoms with Gasteiger partial charge in [-0.1, -0.05) is 12.1 Å². The molecule has 0 nitrogen and oxygen atoms in total. The van der Waals surface area contributed by atoms with E-state index in [4.69, 9.17) is 0 Å². The van der Waals surface area contributed by atoms with Gasteiger partial charge in [0.15, 0.2) is 0 Å². The van der Waals surface area contributed by atoms with Crippen molar-refractivity contribution >= 4 is 39.3 Å². The molecular weight excluding hydrogens is 188 g/mol. The summed E-state index contributed by atoms with van der Waals surface area (Å²) in [5.74, 6) is 0. The van der Waals surface area contributed by atoms with Gasteiger partial charge in [-0.2, -0.15) is 11.3 Å². The first kappa shape index (κ1) is 5.53. The molecule has 0 aliphatic rings. The molecule has 0 saturated heterocycles. The molecule has 0 N–H and O–H groups in total. The zero-order chi connectivity index (χ0) is 5.11. The lowest BCUT2D eigenvalue weighted by atomic mass is 10.7. The molecule has 38 valence electrons. The van der Waals surface area contributed by atoms with Crippen LogP contribution in [0.4, 0.5) is 0 Å². The maximum atomic E-state index is 3.49. The smallest absolute Gasteiger partial charge is 0.142 e. The maximum Gasteiger partial charge on any atom is 0.142 e. The predicted octanol–water partition coefficient (Wildman–Crippen LogP) is 0.852. The Bertz CT molecular complexity index is 126. The van der Waals surface area contributed by atoms with Crippen LogP contribution in [0, 0.1) is 0 Å². The minimum absolute atomic E-state index is 0.0355. The molecular formula is C4H5BrSSi. The van der Waals surface area contributed by atoms with Crippen LogP contribution in [-0.2, 0) is 0 Å². The molecule has 0 spiro atoms. The third-order valence-corrected chi connectivity index (χ3v) is 5.80. The standard InChI is InChI=1S/C4H5BrSSi/c5-7-4-2-1-3-6-4/h1-3H,7H2. The van der Waals surface area contributed by atoms with Crippen molar-refractivity contribution in [3.8, 4) is 0 Å². The lowest BCUT2D eigenvalue weighted by molar-refractivity contribution is 2.07. The fraction of sp³-hybridized carbons (Fsp3) is 0. The number of halogens is 1. The second kappa shape index (κ2) is 2.64. The van der Waals surface area contributed by atoms with Gasteiger partial charge in [0.2, 0.25) is 0 Å². The van der Waals surface area contributed by atoms with Crippen molar-refractivity contribution in [3.63, 3.8) is 0 Å². The molecule has 0 aliphatic heterocycles. The zero-order valence-corrected chi connectivity index (χ0v) is 7.54. The number of hydrogen-bond acceptors (Lipinski definition) is 1. The summed E-state index contributed by atoms with van der Waals surface area (Å²) in [7, 11) is -0.0355. The van der Waals surface area contributed by atoms with E-state index in [1.54, 1.807) is 0 Å². The summed E-state index contributed by atoms with van der Waals surface area (Å²) in [6.07, 6.45) is 0. The highest BCUT2D eigenvalue weighted by Crippen LogP contribution is 1.92. The third kappa shape index (κ3) is 1.40. The number of rotatable bonds is 1. The van der Waals surface area contributed by atoms with Crippen LogP contribution in [0.1, 0.15) is 0 Å². The summed E-state index contributed by atoms with van der Waals surface area (Å²) < 4.78 is 1.53. The Morgan fingerprint density at radius 2 is 2.57 bits per heavy atom. The van der Waals surface area contributed by atoms with Gasteiger partial charge in [-0.15, -0.1) is 15.3 Å². The van der Waals surface area contributed by atoms with Crippen molar-refractivity contribution in [2.24, 2.45) is 0 Å². The van der Waals surface area contributed by atoms with Crippen LogP contribution in [0.5, 0.6) is 0 Å². The van der Waals surface area contributed by atoms with Gasteiger partial charge < -0.3 is 0 Å². The second-order valence-electron chi connectivity index (χ2n) is 1.21. The van der Waals surface area contributed by atoms with E-state index in [0.29, 0.717) is 0 Å². The molecule has 0 saturated carbocycles. The Morgan fingerprint density at radius 3 is 2.86 bits per heavy atom. The molecule has 0 aliphatic carbocycles. The fourth-order valence-corrected chi connectivity index (χ4v) is 3.39. The fourth-order valence-electron chi connectivity index (χ4n) is 0.389. The Balaban J connectivity index is 2.76. The highest BCUT2D eigenvalue weighted by atomic mass is 79.9. The normalized spacial score (nSPS) is 11.0. The van der Waals surface area contributed by atoms with Crippen molar-refractivity contribution < 1.29 is 0 Å². The molecule has 0 fully saturated rings. The number of hydrogen-bond donors (Lipinski definition) is 0. The van der Waals surface area contributed by atoms with E-state index in [1.807, 2.05) is 11.3 Å². The molecule has 0 amide bonds. The summed E-state index contributed by atoms with van der Waals surface area (Å²) >= 11 is 5.32. The van der Waals surface area contributed by atoms with Crippen LogP contribution in [0.15, 0.2) is 17.5 Å². The van der Waals surface area contributed by atoms with E-state index < -0.39 is 0 Å². The average Bonchev–Trinajstić information content (AvgIpc) is 2.14. The van der Waals surface area contributed by atoms with Gasteiger partial charge >= 0.3 is 0 Å². The van der Waals surface area contributed by atoms with E-state index in [-0.39, 0.29) is 8.14 Å². The minimum Gasteiger partial charge on any atom is -0.153 e. The summed E-state index contributed by atoms with van der Waals surface area (Å²) in [5, 5.41) is 2.11. The van der Waals surface area contributed by atoms with Gasteiger partial charge in [0.1, 0.15) is 8.14 Å². The Kier molecular flexibility index (Phi) is 2.09. The average molecular weight is 193 g/mol. The molecule has 7 heavy (non-hydrogen) atoms. The van der Waals surface area contributed by atoms with E-state index in [1.165, 1.54) is 4.50 Å². The molecule has 0 aromatic carbocycles. The highest BCUT2D eigenvalue weighted by Gasteiger charge is 1.85. The summed E-state index contributed by atoms with van der Waals surface area (Å²) in [6.45, 7) is 0. The SMILES string of the molecule is Br[SiH2]c1cccs1. The minimum atomic E-state index is -0.0355. The Morgan fingerprint density at radius 1 is 1.71 bits per heavy atom. The van der Waals surface area contributed by atoms with E-state index in [9.17, 15) is 0 Å². The molecule has 1 aromatic rings. The monoisotopic (exact) mass is 192 g/mol. The van der Waals surface area contributed by atoms with Crippen molar-refractivity contribution in [2.45, 2.75) is 0 Å². The van der Waals surface area contributed by atoms with Crippen LogP contribution in [0.3, 0.4) is 0 Å². The van der Waals surface area contributed by atoms with Gasteiger partial charge in [0.25, 0.3) is 0 Å². The van der Waals surface area contributed by atoms with Crippen LogP contribution in [0.2, 0.25) is 0 Å². The third-order valence-electron chi connectivity index (χ3n) is 0.712. The lowest BCUT2D eigenvalue weighted by Gasteiger charge is -1.75. The van der Waals surface area contributed by atoms with Gasteiger partial charge in [0.05, 0.1) is 0 Å². The first-order valence-corrected chi connectivity index (χ1v) is 7.50. The topological polar surface area (TPSA) is 0 Å². The molecule has 0 atom stereocenters. The number of thiophene rings is 1. The molecule has 0 radical (unpaired) electrons. The Labute approximate surface area is 57.0 Å². The largest absolute Gasteiger partial charge is 0.153 e. The predicted molar refractivity (Wildman–Crippen MR) is 41.4 cm³/mol. The molecule has 1 rings (SSSR count). The molecule has 0 unspecified atom stereocenters. The summed E-state index contributed by atoms with van der Waals surface area (Å²) in [5.41, 5.74) is 0. The molecule has 0 bridgehead atoms. The van der Waals surface area contributed by atoms with Gasteiger partial charge in [-0.05, 0) is 9.88 Å². The summed E-state index contributed by atoms with van der Waals surface area (Å²) in [6, 6.07) is 4.26. The van der Waals surface area contributed by atoms with Gasteiger partial charge in [0, 0.05) is 0 Å². The first-order valence-electron chi connectivity index (χ1n) is 2.02. The van der Waals surface area contributed by atoms with Crippen LogP contribution in [-0.4, -0.2) is 8.14 Å². The first-order chi connectivity index (χ1) is 3.43. The molecule has 3 heteroatoms. The van der Waals surface area contributed by atoms with E-state index in [2.05, 4.69) is 32.8 Å². The van der Waals surface area contributed by atoms with Crippen LogP contribution in [0.25, 0.3) is 0 Å². The van der Waals surface area contributed by atoms with Crippen molar-refractivity contribution in [2.75, 3.05) is 0 Å². The molecule has 1 aromatic heterocycles. The highest BCUT2D eigenvalue weighted by molar-refractivity contribution is 9.23. The quantitative estimate of drug-likeness (QED) is 0.458. The Hall–Kier alpha value is 0.397. The van der Waals surface area contributed by atoms with Crippen molar-refractivity contribution in [3.05, 3.63) is 17.5 Å². The van der Waals surface area contributed by atoms with Gasteiger partial charge in [-0.25, -0.2) is 0 Å². The zero-order valence-electron chi connectivity index (χ0n) is 3.73. The van der Waals surface area contributed by atoms with Crippen molar-refractivity contribution in [1.29, 1.82) is 0 Å². The second-order valence-corrected chi connectivity index (χ2v) is 5.47. The van der Waals surface area contributed by atoms with E-state index in [0.717, 1.165) is 0 Å². The lowest BCUT2D eigenvalue weighted by Crippen LogP contribution is -1.98.